The van der Waals surface area contributed by atoms with Crippen molar-refractivity contribution in [2.24, 2.45) is 5.92 Å². The van der Waals surface area contributed by atoms with E-state index in [-0.39, 0.29) is 23.9 Å². The standard InChI is InChI=1S/C13H18N2O4/c1-9(2)12(16)7-13(17)14-8-10-3-5-11(6-4-10)15(18)19/h3-6,9,12,16H,7-8H2,1-2H3,(H,14,17). The van der Waals surface area contributed by atoms with Gasteiger partial charge in [-0.25, -0.2) is 0 Å². The Morgan fingerprint density at radius 2 is 1.95 bits per heavy atom. The van der Waals surface area contributed by atoms with Gasteiger partial charge in [0.2, 0.25) is 5.91 Å². The molecule has 1 amide bonds. The van der Waals surface area contributed by atoms with Gasteiger partial charge in [0.15, 0.2) is 0 Å². The quantitative estimate of drug-likeness (QED) is 0.604. The highest BCUT2D eigenvalue weighted by atomic mass is 16.6. The van der Waals surface area contributed by atoms with E-state index in [1.165, 1.54) is 12.1 Å². The first-order valence-electron chi connectivity index (χ1n) is 6.08. The highest BCUT2D eigenvalue weighted by Gasteiger charge is 2.14. The van der Waals surface area contributed by atoms with Gasteiger partial charge in [0, 0.05) is 18.7 Å². The molecule has 104 valence electrons. The predicted molar refractivity (Wildman–Crippen MR) is 70.4 cm³/mol. The van der Waals surface area contributed by atoms with Crippen LogP contribution in [0.15, 0.2) is 24.3 Å². The van der Waals surface area contributed by atoms with Crippen LogP contribution in [-0.4, -0.2) is 22.0 Å². The Labute approximate surface area is 111 Å². The van der Waals surface area contributed by atoms with Crippen molar-refractivity contribution in [2.45, 2.75) is 32.9 Å². The van der Waals surface area contributed by atoms with Crippen LogP contribution in [0.3, 0.4) is 0 Å². The largest absolute Gasteiger partial charge is 0.392 e. The van der Waals surface area contributed by atoms with Crippen LogP contribution in [0.25, 0.3) is 0 Å². The molecule has 6 heteroatoms. The maximum absolute atomic E-state index is 11.5. The Kier molecular flexibility index (Phi) is 5.44. The Morgan fingerprint density at radius 3 is 2.42 bits per heavy atom. The first-order chi connectivity index (χ1) is 8.90. The van der Waals surface area contributed by atoms with Crippen molar-refractivity contribution in [3.05, 3.63) is 39.9 Å². The Bertz CT molecular complexity index is 442. The summed E-state index contributed by atoms with van der Waals surface area (Å²) in [5, 5.41) is 22.7. The third-order valence-electron chi connectivity index (χ3n) is 2.80. The van der Waals surface area contributed by atoms with Crippen molar-refractivity contribution in [3.8, 4) is 0 Å². The SMILES string of the molecule is CC(C)C(O)CC(=O)NCc1ccc([N+](=O)[O-])cc1. The lowest BCUT2D eigenvalue weighted by atomic mass is 10.0. The van der Waals surface area contributed by atoms with Crippen LogP contribution < -0.4 is 5.32 Å². The van der Waals surface area contributed by atoms with Gasteiger partial charge >= 0.3 is 0 Å². The summed E-state index contributed by atoms with van der Waals surface area (Å²) < 4.78 is 0. The van der Waals surface area contributed by atoms with E-state index in [0.717, 1.165) is 5.56 Å². The average molecular weight is 266 g/mol. The zero-order valence-electron chi connectivity index (χ0n) is 11.0. The molecule has 0 fully saturated rings. The van der Waals surface area contributed by atoms with Crippen LogP contribution in [-0.2, 0) is 11.3 Å². The summed E-state index contributed by atoms with van der Waals surface area (Å²) in [7, 11) is 0. The molecular weight excluding hydrogens is 248 g/mol. The van der Waals surface area contributed by atoms with E-state index >= 15 is 0 Å². The molecule has 1 aromatic rings. The molecule has 0 aromatic heterocycles. The van der Waals surface area contributed by atoms with Gasteiger partial charge in [0.1, 0.15) is 0 Å². The number of rotatable bonds is 6. The van der Waals surface area contributed by atoms with Crippen LogP contribution in [0, 0.1) is 16.0 Å². The number of nitrogens with one attached hydrogen (secondary N) is 1. The van der Waals surface area contributed by atoms with E-state index in [1.807, 2.05) is 13.8 Å². The molecule has 1 aromatic carbocycles. The third kappa shape index (κ3) is 5.05. The normalized spacial score (nSPS) is 12.2. The molecule has 0 saturated heterocycles. The summed E-state index contributed by atoms with van der Waals surface area (Å²) in [6.45, 7) is 3.98. The fraction of sp³-hybridized carbons (Fsp3) is 0.462. The highest BCUT2D eigenvalue weighted by Crippen LogP contribution is 2.12. The lowest BCUT2D eigenvalue weighted by Gasteiger charge is -2.13. The fourth-order valence-electron chi connectivity index (χ4n) is 1.43. The molecule has 19 heavy (non-hydrogen) atoms. The zero-order valence-corrected chi connectivity index (χ0v) is 11.0. The van der Waals surface area contributed by atoms with Crippen LogP contribution in [0.5, 0.6) is 0 Å². The number of nitro benzene ring substituents is 1. The molecule has 1 atom stereocenters. The number of carbonyl (C=O) groups excluding carboxylic acids is 1. The summed E-state index contributed by atoms with van der Waals surface area (Å²) in [6.07, 6.45) is -0.596. The van der Waals surface area contributed by atoms with Gasteiger partial charge in [-0.05, 0) is 11.5 Å². The third-order valence-corrected chi connectivity index (χ3v) is 2.80. The van der Waals surface area contributed by atoms with E-state index in [1.54, 1.807) is 12.1 Å². The first-order valence-corrected chi connectivity index (χ1v) is 6.08. The molecule has 0 spiro atoms. The number of aliphatic hydroxyl groups is 1. The van der Waals surface area contributed by atoms with Gasteiger partial charge in [0.05, 0.1) is 17.4 Å². The highest BCUT2D eigenvalue weighted by molar-refractivity contribution is 5.76. The maximum atomic E-state index is 11.5. The van der Waals surface area contributed by atoms with E-state index < -0.39 is 11.0 Å². The van der Waals surface area contributed by atoms with Gasteiger partial charge < -0.3 is 10.4 Å². The number of aliphatic hydroxyl groups excluding tert-OH is 1. The molecule has 0 aliphatic rings. The molecule has 6 nitrogen and oxygen atoms in total. The van der Waals surface area contributed by atoms with E-state index in [0.29, 0.717) is 6.54 Å². The number of benzene rings is 1. The molecule has 0 aliphatic heterocycles. The van der Waals surface area contributed by atoms with Gasteiger partial charge in [-0.3, -0.25) is 14.9 Å². The number of carbonyl (C=O) groups is 1. The topological polar surface area (TPSA) is 92.5 Å². The van der Waals surface area contributed by atoms with Gasteiger partial charge in [-0.1, -0.05) is 26.0 Å². The minimum absolute atomic E-state index is 0.0188. The van der Waals surface area contributed by atoms with Gasteiger partial charge in [-0.15, -0.1) is 0 Å². The molecule has 0 heterocycles. The first kappa shape index (κ1) is 15.1. The number of nitrogens with zero attached hydrogens (tertiary/aromatic N) is 1. The lowest BCUT2D eigenvalue weighted by Crippen LogP contribution is -2.29. The van der Waals surface area contributed by atoms with Crippen LogP contribution in [0.4, 0.5) is 5.69 Å². The summed E-state index contributed by atoms with van der Waals surface area (Å²) >= 11 is 0. The number of nitro groups is 1. The fourth-order valence-corrected chi connectivity index (χ4v) is 1.43. The Morgan fingerprint density at radius 1 is 1.37 bits per heavy atom. The second-order valence-corrected chi connectivity index (χ2v) is 4.72. The summed E-state index contributed by atoms with van der Waals surface area (Å²) in [4.78, 5) is 21.5. The zero-order chi connectivity index (χ0) is 14.4. The van der Waals surface area contributed by atoms with Crippen LogP contribution in [0.2, 0.25) is 0 Å². The second kappa shape index (κ2) is 6.84. The van der Waals surface area contributed by atoms with Crippen LogP contribution in [0.1, 0.15) is 25.8 Å². The molecule has 0 bridgehead atoms. The molecule has 1 unspecified atom stereocenters. The maximum Gasteiger partial charge on any atom is 0.269 e. The van der Waals surface area contributed by atoms with Crippen molar-refractivity contribution >= 4 is 11.6 Å². The van der Waals surface area contributed by atoms with Crippen molar-refractivity contribution < 1.29 is 14.8 Å². The monoisotopic (exact) mass is 266 g/mol. The second-order valence-electron chi connectivity index (χ2n) is 4.72. The lowest BCUT2D eigenvalue weighted by molar-refractivity contribution is -0.384. The van der Waals surface area contributed by atoms with Gasteiger partial charge in [0.25, 0.3) is 5.69 Å². The van der Waals surface area contributed by atoms with E-state index in [9.17, 15) is 20.0 Å². The molecule has 1 rings (SSSR count). The smallest absolute Gasteiger partial charge is 0.269 e. The van der Waals surface area contributed by atoms with Crippen molar-refractivity contribution in [1.29, 1.82) is 0 Å². The number of hydrogen-bond acceptors (Lipinski definition) is 4. The number of non-ortho nitro benzene ring substituents is 1. The minimum Gasteiger partial charge on any atom is -0.392 e. The van der Waals surface area contributed by atoms with E-state index in [2.05, 4.69) is 5.32 Å². The minimum atomic E-state index is -0.656. The summed E-state index contributed by atoms with van der Waals surface area (Å²) in [5.41, 5.74) is 0.795. The van der Waals surface area contributed by atoms with Crippen molar-refractivity contribution in [1.82, 2.24) is 5.32 Å². The molecule has 0 aliphatic carbocycles. The van der Waals surface area contributed by atoms with Gasteiger partial charge in [-0.2, -0.15) is 0 Å². The number of amides is 1. The average Bonchev–Trinajstić information content (AvgIpc) is 2.36. The Hall–Kier alpha value is -1.95. The summed E-state index contributed by atoms with van der Waals surface area (Å²) in [5.74, 6) is -0.204. The molecule has 2 N–H and O–H groups in total. The summed E-state index contributed by atoms with van der Waals surface area (Å²) in [6, 6.07) is 5.98. The number of hydrogen-bond donors (Lipinski definition) is 2. The van der Waals surface area contributed by atoms with Crippen molar-refractivity contribution in [3.63, 3.8) is 0 Å². The molecule has 0 saturated carbocycles. The molecule has 0 radical (unpaired) electrons. The predicted octanol–water partition coefficient (Wildman–Crippen LogP) is 1.62. The Balaban J connectivity index is 2.44. The molecular formula is C13H18N2O4. The van der Waals surface area contributed by atoms with Crippen LogP contribution >= 0.6 is 0 Å². The van der Waals surface area contributed by atoms with Crippen molar-refractivity contribution in [2.75, 3.05) is 0 Å². The van der Waals surface area contributed by atoms with E-state index in [4.69, 9.17) is 0 Å².